The molecule has 0 atom stereocenters. The van der Waals surface area contributed by atoms with Gasteiger partial charge in [0.2, 0.25) is 0 Å². The molecule has 0 bridgehead atoms. The lowest BCUT2D eigenvalue weighted by molar-refractivity contribution is 0.612. The minimum absolute atomic E-state index is 0.0209. The van der Waals surface area contributed by atoms with Crippen LogP contribution in [0.5, 0.6) is 0 Å². The van der Waals surface area contributed by atoms with Crippen molar-refractivity contribution in [2.75, 3.05) is 0 Å². The summed E-state index contributed by atoms with van der Waals surface area (Å²) in [5, 5.41) is 8.40. The molecule has 0 fully saturated rings. The molecule has 0 spiro atoms. The summed E-state index contributed by atoms with van der Waals surface area (Å²) in [5.41, 5.74) is 0.680. The summed E-state index contributed by atoms with van der Waals surface area (Å²) < 4.78 is 12.7. The lowest BCUT2D eigenvalue weighted by atomic mass is 10.0. The van der Waals surface area contributed by atoms with E-state index in [-0.39, 0.29) is 11.5 Å². The molecule has 0 unspecified atom stereocenters. The average molecular weight is 165 g/mol. The molecule has 0 aromatic carbocycles. The Hall–Kier alpha value is -1.36. The molecule has 0 rings (SSSR count). The number of hydrogen-bond acceptors (Lipinski definition) is 1. The molecule has 1 nitrogen and oxygen atoms in total. The second-order valence-corrected chi connectivity index (χ2v) is 2.80. The van der Waals surface area contributed by atoms with E-state index in [2.05, 4.69) is 13.2 Å². The molecule has 0 radical (unpaired) electrons. The standard InChI is InChI=1S/C10H12FN/c1-7(2)10(9(4)11)5-8(3)6-12/h5,7H,3-4H2,1-2H3/b10-5-. The van der Waals surface area contributed by atoms with Crippen molar-refractivity contribution in [1.82, 2.24) is 0 Å². The lowest BCUT2D eigenvalue weighted by Crippen LogP contribution is -1.94. The smallest absolute Gasteiger partial charge is 0.119 e. The van der Waals surface area contributed by atoms with Gasteiger partial charge in [0.25, 0.3) is 0 Å². The molecule has 0 N–H and O–H groups in total. The monoisotopic (exact) mass is 165 g/mol. The summed E-state index contributed by atoms with van der Waals surface area (Å²) >= 11 is 0. The van der Waals surface area contributed by atoms with E-state index in [1.807, 2.05) is 19.9 Å². The first kappa shape index (κ1) is 10.6. The molecular formula is C10H12FN. The number of halogens is 1. The third-order valence-corrected chi connectivity index (χ3v) is 1.41. The van der Waals surface area contributed by atoms with Gasteiger partial charge < -0.3 is 0 Å². The van der Waals surface area contributed by atoms with Gasteiger partial charge in [-0.1, -0.05) is 27.0 Å². The zero-order chi connectivity index (χ0) is 9.72. The van der Waals surface area contributed by atoms with Crippen molar-refractivity contribution >= 4 is 0 Å². The van der Waals surface area contributed by atoms with E-state index in [0.717, 1.165) is 0 Å². The van der Waals surface area contributed by atoms with Crippen LogP contribution in [0.15, 0.2) is 36.2 Å². The van der Waals surface area contributed by atoms with Crippen LogP contribution in [0.4, 0.5) is 4.39 Å². The SMILES string of the molecule is C=C(C#N)/C=C(\C(=C)F)C(C)C. The molecule has 2 heteroatoms. The van der Waals surface area contributed by atoms with E-state index >= 15 is 0 Å². The van der Waals surface area contributed by atoms with Crippen molar-refractivity contribution in [2.24, 2.45) is 5.92 Å². The Kier molecular flexibility index (Phi) is 3.99. The second-order valence-electron chi connectivity index (χ2n) is 2.80. The van der Waals surface area contributed by atoms with E-state index in [1.54, 1.807) is 0 Å². The predicted molar refractivity (Wildman–Crippen MR) is 47.9 cm³/mol. The highest BCUT2D eigenvalue weighted by Gasteiger charge is 2.06. The summed E-state index contributed by atoms with van der Waals surface area (Å²) in [4.78, 5) is 0. The van der Waals surface area contributed by atoms with Crippen LogP contribution in [-0.2, 0) is 0 Å². The first-order valence-electron chi connectivity index (χ1n) is 3.64. The van der Waals surface area contributed by atoms with Crippen LogP contribution < -0.4 is 0 Å². The first-order chi connectivity index (χ1) is 5.49. The zero-order valence-corrected chi connectivity index (χ0v) is 7.39. The fourth-order valence-electron chi connectivity index (χ4n) is 0.778. The molecule has 0 aliphatic rings. The zero-order valence-electron chi connectivity index (χ0n) is 7.39. The Morgan fingerprint density at radius 2 is 2.00 bits per heavy atom. The average Bonchev–Trinajstić information content (AvgIpc) is 1.98. The van der Waals surface area contributed by atoms with Gasteiger partial charge in [-0.3, -0.25) is 0 Å². The van der Waals surface area contributed by atoms with Crippen molar-refractivity contribution < 1.29 is 4.39 Å². The quantitative estimate of drug-likeness (QED) is 0.465. The molecule has 0 amide bonds. The minimum atomic E-state index is -0.499. The van der Waals surface area contributed by atoms with Crippen molar-refractivity contribution in [3.63, 3.8) is 0 Å². The molecule has 0 aliphatic carbocycles. The maximum absolute atomic E-state index is 12.7. The van der Waals surface area contributed by atoms with Gasteiger partial charge in [0.05, 0.1) is 6.07 Å². The number of rotatable bonds is 3. The number of allylic oxidation sites excluding steroid dienone is 4. The third kappa shape index (κ3) is 3.16. The molecule has 64 valence electrons. The van der Waals surface area contributed by atoms with Crippen molar-refractivity contribution in [1.29, 1.82) is 5.26 Å². The molecular weight excluding hydrogens is 153 g/mol. The van der Waals surface area contributed by atoms with Crippen LogP contribution in [0.3, 0.4) is 0 Å². The molecule has 0 saturated carbocycles. The first-order valence-corrected chi connectivity index (χ1v) is 3.64. The van der Waals surface area contributed by atoms with Gasteiger partial charge in [0.1, 0.15) is 5.83 Å². The van der Waals surface area contributed by atoms with E-state index < -0.39 is 5.83 Å². The number of nitriles is 1. The van der Waals surface area contributed by atoms with Gasteiger partial charge in [-0.15, -0.1) is 0 Å². The van der Waals surface area contributed by atoms with Gasteiger partial charge >= 0.3 is 0 Å². The summed E-state index contributed by atoms with van der Waals surface area (Å²) in [5.74, 6) is -0.478. The van der Waals surface area contributed by atoms with Crippen LogP contribution in [-0.4, -0.2) is 0 Å². The molecule has 0 aromatic heterocycles. The number of hydrogen-bond donors (Lipinski definition) is 0. The largest absolute Gasteiger partial charge is 0.207 e. The molecule has 12 heavy (non-hydrogen) atoms. The highest BCUT2D eigenvalue weighted by molar-refractivity contribution is 5.38. The van der Waals surface area contributed by atoms with E-state index in [9.17, 15) is 4.39 Å². The van der Waals surface area contributed by atoms with Crippen molar-refractivity contribution in [2.45, 2.75) is 13.8 Å². The second kappa shape index (κ2) is 4.50. The van der Waals surface area contributed by atoms with Crippen molar-refractivity contribution in [3.8, 4) is 6.07 Å². The van der Waals surface area contributed by atoms with Crippen LogP contribution in [0.1, 0.15) is 13.8 Å². The fourth-order valence-corrected chi connectivity index (χ4v) is 0.778. The van der Waals surface area contributed by atoms with Crippen molar-refractivity contribution in [3.05, 3.63) is 36.2 Å². The number of nitrogens with zero attached hydrogens (tertiary/aromatic N) is 1. The maximum Gasteiger partial charge on any atom is 0.119 e. The topological polar surface area (TPSA) is 23.8 Å². The van der Waals surface area contributed by atoms with Crippen LogP contribution in [0, 0.1) is 17.2 Å². The molecule has 0 saturated heterocycles. The molecule has 0 aliphatic heterocycles. The highest BCUT2D eigenvalue weighted by Crippen LogP contribution is 2.20. The summed E-state index contributed by atoms with van der Waals surface area (Å²) in [6.45, 7) is 10.3. The lowest BCUT2D eigenvalue weighted by Gasteiger charge is -2.06. The van der Waals surface area contributed by atoms with E-state index in [0.29, 0.717) is 5.57 Å². The third-order valence-electron chi connectivity index (χ3n) is 1.41. The van der Waals surface area contributed by atoms with E-state index in [4.69, 9.17) is 5.26 Å². The van der Waals surface area contributed by atoms with Crippen LogP contribution in [0.25, 0.3) is 0 Å². The normalized spacial score (nSPS) is 11.1. The highest BCUT2D eigenvalue weighted by atomic mass is 19.1. The van der Waals surface area contributed by atoms with Crippen LogP contribution >= 0.6 is 0 Å². The Morgan fingerprint density at radius 1 is 1.50 bits per heavy atom. The summed E-state index contributed by atoms with van der Waals surface area (Å²) in [6.07, 6.45) is 1.42. The van der Waals surface area contributed by atoms with Gasteiger partial charge in [0, 0.05) is 5.57 Å². The Morgan fingerprint density at radius 3 is 2.25 bits per heavy atom. The van der Waals surface area contributed by atoms with Gasteiger partial charge in [-0.25, -0.2) is 4.39 Å². The Balaban J connectivity index is 4.77. The Labute approximate surface area is 72.5 Å². The molecule has 0 heterocycles. The van der Waals surface area contributed by atoms with Gasteiger partial charge in [-0.2, -0.15) is 5.26 Å². The summed E-state index contributed by atoms with van der Waals surface area (Å²) in [7, 11) is 0. The fraction of sp³-hybridized carbons (Fsp3) is 0.300. The minimum Gasteiger partial charge on any atom is -0.207 e. The maximum atomic E-state index is 12.7. The molecule has 0 aromatic rings. The summed E-state index contributed by atoms with van der Waals surface area (Å²) in [6, 6.07) is 1.83. The van der Waals surface area contributed by atoms with Gasteiger partial charge in [0.15, 0.2) is 0 Å². The van der Waals surface area contributed by atoms with E-state index in [1.165, 1.54) is 6.08 Å². The van der Waals surface area contributed by atoms with Gasteiger partial charge in [-0.05, 0) is 17.6 Å². The Bertz CT molecular complexity index is 266. The predicted octanol–water partition coefficient (Wildman–Crippen LogP) is 3.13. The van der Waals surface area contributed by atoms with Crippen LogP contribution in [0.2, 0.25) is 0 Å².